The summed E-state index contributed by atoms with van der Waals surface area (Å²) in [5.41, 5.74) is 0. The second-order valence-electron chi connectivity index (χ2n) is 1.90. The molecular formula is C7H12O4. The van der Waals surface area contributed by atoms with Gasteiger partial charge in [-0.3, -0.25) is 0 Å². The van der Waals surface area contributed by atoms with Crippen molar-refractivity contribution in [2.45, 2.75) is 19.4 Å². The van der Waals surface area contributed by atoms with Crippen LogP contribution in [0.4, 0.5) is 0 Å². The van der Waals surface area contributed by atoms with Gasteiger partial charge in [-0.05, 0) is 6.42 Å². The summed E-state index contributed by atoms with van der Waals surface area (Å²) in [5.74, 6) is -1.02. The van der Waals surface area contributed by atoms with Gasteiger partial charge in [-0.1, -0.05) is 13.0 Å². The van der Waals surface area contributed by atoms with Gasteiger partial charge in [-0.15, -0.1) is 6.58 Å². The summed E-state index contributed by atoms with van der Waals surface area (Å²) >= 11 is 0. The molecule has 0 aliphatic heterocycles. The molecule has 0 aliphatic rings. The van der Waals surface area contributed by atoms with Gasteiger partial charge in [0.05, 0.1) is 0 Å². The first kappa shape index (κ1) is 10.1. The maximum Gasteiger partial charge on any atom is 0.336 e. The molecule has 0 rings (SSSR count). The van der Waals surface area contributed by atoms with Crippen LogP contribution in [0.2, 0.25) is 0 Å². The molecule has 0 bridgehead atoms. The quantitative estimate of drug-likeness (QED) is 0.272. The zero-order chi connectivity index (χ0) is 8.69. The highest BCUT2D eigenvalue weighted by molar-refractivity contribution is 5.71. The van der Waals surface area contributed by atoms with Crippen molar-refractivity contribution in [3.05, 3.63) is 12.7 Å². The highest BCUT2D eigenvalue weighted by atomic mass is 17.2. The molecule has 4 heteroatoms. The lowest BCUT2D eigenvalue weighted by atomic mass is 10.3. The van der Waals surface area contributed by atoms with Crippen molar-refractivity contribution >= 4 is 5.97 Å². The molecule has 0 aliphatic carbocycles. The predicted octanol–water partition coefficient (Wildman–Crippen LogP) is 0.984. The predicted molar refractivity (Wildman–Crippen MR) is 38.9 cm³/mol. The fourth-order valence-corrected chi connectivity index (χ4v) is 0.453. The van der Waals surface area contributed by atoms with Gasteiger partial charge in [0.1, 0.15) is 6.61 Å². The fraction of sp³-hybridized carbons (Fsp3) is 0.571. The van der Waals surface area contributed by atoms with E-state index in [0.29, 0.717) is 6.42 Å². The first-order valence-electron chi connectivity index (χ1n) is 3.34. The average molecular weight is 160 g/mol. The van der Waals surface area contributed by atoms with Crippen LogP contribution >= 0.6 is 0 Å². The second kappa shape index (κ2) is 5.88. The molecule has 0 spiro atoms. The van der Waals surface area contributed by atoms with Crippen molar-refractivity contribution in [1.29, 1.82) is 0 Å². The zero-order valence-electron chi connectivity index (χ0n) is 6.45. The summed E-state index contributed by atoms with van der Waals surface area (Å²) in [6.07, 6.45) is 0.982. The highest BCUT2D eigenvalue weighted by Gasteiger charge is 2.15. The Kier molecular flexibility index (Phi) is 5.42. The lowest BCUT2D eigenvalue weighted by molar-refractivity contribution is -0.313. The Morgan fingerprint density at radius 1 is 1.82 bits per heavy atom. The Hall–Kier alpha value is -0.870. The fourth-order valence-electron chi connectivity index (χ4n) is 0.453. The van der Waals surface area contributed by atoms with E-state index in [1.165, 1.54) is 6.08 Å². The monoisotopic (exact) mass is 160 g/mol. The van der Waals surface area contributed by atoms with Gasteiger partial charge in [0.2, 0.25) is 0 Å². The van der Waals surface area contributed by atoms with Crippen LogP contribution in [0.15, 0.2) is 12.7 Å². The molecule has 1 unspecified atom stereocenters. The van der Waals surface area contributed by atoms with Crippen molar-refractivity contribution < 1.29 is 19.7 Å². The van der Waals surface area contributed by atoms with Crippen molar-refractivity contribution in [1.82, 2.24) is 0 Å². The third-order valence-electron chi connectivity index (χ3n) is 1.02. The molecule has 1 N–H and O–H groups in total. The number of rotatable bonds is 6. The summed E-state index contributed by atoms with van der Waals surface area (Å²) in [7, 11) is 0. The lowest BCUT2D eigenvalue weighted by Crippen LogP contribution is -2.22. The van der Waals surface area contributed by atoms with E-state index in [4.69, 9.17) is 5.11 Å². The molecule has 0 saturated carbocycles. The van der Waals surface area contributed by atoms with Crippen molar-refractivity contribution in [3.8, 4) is 0 Å². The maximum atomic E-state index is 10.3. The molecule has 0 aromatic carbocycles. The number of hydrogen-bond donors (Lipinski definition) is 1. The number of hydrogen-bond acceptors (Lipinski definition) is 3. The van der Waals surface area contributed by atoms with Gasteiger partial charge < -0.3 is 5.11 Å². The van der Waals surface area contributed by atoms with E-state index in [9.17, 15) is 4.79 Å². The molecule has 4 nitrogen and oxygen atoms in total. The minimum Gasteiger partial charge on any atom is -0.479 e. The first-order chi connectivity index (χ1) is 5.22. The lowest BCUT2D eigenvalue weighted by Gasteiger charge is -2.07. The van der Waals surface area contributed by atoms with Gasteiger partial charge in [0.25, 0.3) is 0 Å². The largest absolute Gasteiger partial charge is 0.479 e. The number of carbonyl (C=O) groups is 1. The van der Waals surface area contributed by atoms with Gasteiger partial charge >= 0.3 is 5.97 Å². The van der Waals surface area contributed by atoms with Crippen LogP contribution in [0.25, 0.3) is 0 Å². The molecule has 0 saturated heterocycles. The Morgan fingerprint density at radius 3 is 2.82 bits per heavy atom. The molecule has 64 valence electrons. The minimum atomic E-state index is -1.02. The third-order valence-corrected chi connectivity index (χ3v) is 1.02. The highest BCUT2D eigenvalue weighted by Crippen LogP contribution is 1.98. The van der Waals surface area contributed by atoms with Crippen molar-refractivity contribution in [3.63, 3.8) is 0 Å². The molecule has 0 amide bonds. The molecule has 1 atom stereocenters. The van der Waals surface area contributed by atoms with Gasteiger partial charge in [0, 0.05) is 0 Å². The van der Waals surface area contributed by atoms with E-state index in [0.717, 1.165) is 0 Å². The van der Waals surface area contributed by atoms with E-state index in [1.54, 1.807) is 6.92 Å². The molecular weight excluding hydrogens is 148 g/mol. The van der Waals surface area contributed by atoms with E-state index in [1.807, 2.05) is 0 Å². The second-order valence-corrected chi connectivity index (χ2v) is 1.90. The van der Waals surface area contributed by atoms with Crippen LogP contribution in [0.1, 0.15) is 13.3 Å². The van der Waals surface area contributed by atoms with Crippen LogP contribution in [0.5, 0.6) is 0 Å². The summed E-state index contributed by atoms with van der Waals surface area (Å²) < 4.78 is 0. The van der Waals surface area contributed by atoms with Crippen molar-refractivity contribution in [2.75, 3.05) is 6.61 Å². The Labute approximate surface area is 65.4 Å². The van der Waals surface area contributed by atoms with E-state index >= 15 is 0 Å². The maximum absolute atomic E-state index is 10.3. The Bertz CT molecular complexity index is 132. The first-order valence-corrected chi connectivity index (χ1v) is 3.34. The zero-order valence-corrected chi connectivity index (χ0v) is 6.45. The molecule has 0 fully saturated rings. The topological polar surface area (TPSA) is 55.8 Å². The summed E-state index contributed by atoms with van der Waals surface area (Å²) in [5, 5.41) is 8.44. The Balaban J connectivity index is 3.52. The summed E-state index contributed by atoms with van der Waals surface area (Å²) in [6.45, 7) is 5.28. The summed E-state index contributed by atoms with van der Waals surface area (Å²) in [4.78, 5) is 19.3. The van der Waals surface area contributed by atoms with Crippen molar-refractivity contribution in [2.24, 2.45) is 0 Å². The molecule has 0 radical (unpaired) electrons. The Morgan fingerprint density at radius 2 is 2.45 bits per heavy atom. The van der Waals surface area contributed by atoms with Crippen LogP contribution in [0.3, 0.4) is 0 Å². The number of carboxylic acid groups (broad SMARTS) is 1. The van der Waals surface area contributed by atoms with E-state index < -0.39 is 12.1 Å². The van der Waals surface area contributed by atoms with Gasteiger partial charge in [-0.2, -0.15) is 0 Å². The average Bonchev–Trinajstić information content (AvgIpc) is 1.97. The SMILES string of the molecule is C=CCOOC(CC)C(=O)O. The minimum absolute atomic E-state index is 0.198. The van der Waals surface area contributed by atoms with Crippen LogP contribution in [-0.4, -0.2) is 23.8 Å². The number of carboxylic acids is 1. The molecule has 0 heterocycles. The van der Waals surface area contributed by atoms with E-state index in [-0.39, 0.29) is 6.61 Å². The summed E-state index contributed by atoms with van der Waals surface area (Å²) in [6, 6.07) is 0. The van der Waals surface area contributed by atoms with E-state index in [2.05, 4.69) is 16.4 Å². The molecule has 0 aromatic rings. The third kappa shape index (κ3) is 4.52. The van der Waals surface area contributed by atoms with Crippen LogP contribution < -0.4 is 0 Å². The van der Waals surface area contributed by atoms with Crippen LogP contribution in [0, 0.1) is 0 Å². The number of aliphatic carboxylic acids is 1. The standard InChI is InChI=1S/C7H12O4/c1-3-5-10-11-6(4-2)7(8)9/h3,6H,1,4-5H2,2H3,(H,8,9). The van der Waals surface area contributed by atoms with Gasteiger partial charge in [-0.25, -0.2) is 14.6 Å². The van der Waals surface area contributed by atoms with Crippen LogP contribution in [-0.2, 0) is 14.6 Å². The van der Waals surface area contributed by atoms with Gasteiger partial charge in [0.15, 0.2) is 6.10 Å². The smallest absolute Gasteiger partial charge is 0.336 e. The molecule has 11 heavy (non-hydrogen) atoms. The molecule has 0 aromatic heterocycles. The normalized spacial score (nSPS) is 12.5.